The predicted molar refractivity (Wildman–Crippen MR) is 122 cm³/mol. The first-order chi connectivity index (χ1) is 14.7. The average molecular weight is 414 g/mol. The van der Waals surface area contributed by atoms with Crippen molar-refractivity contribution in [3.8, 4) is 0 Å². The van der Waals surface area contributed by atoms with Gasteiger partial charge in [0, 0.05) is 22.9 Å². The molecule has 4 aromatic rings. The van der Waals surface area contributed by atoms with Gasteiger partial charge in [-0.3, -0.25) is 9.48 Å². The summed E-state index contributed by atoms with van der Waals surface area (Å²) >= 11 is 6.05. The number of halogens is 1. The fraction of sp³-hybridized carbons (Fsp3) is 0.0400. The van der Waals surface area contributed by atoms with E-state index in [1.165, 1.54) is 0 Å². The smallest absolute Gasteiger partial charge is 0.257 e. The maximum absolute atomic E-state index is 13.1. The number of nitrogens with one attached hydrogen (secondary N) is 1. The molecular weight excluding hydrogens is 394 g/mol. The van der Waals surface area contributed by atoms with Crippen LogP contribution in [0.15, 0.2) is 97.2 Å². The van der Waals surface area contributed by atoms with Crippen molar-refractivity contribution < 1.29 is 4.79 Å². The lowest BCUT2D eigenvalue weighted by atomic mass is 10.0. The number of nitrogens with zero attached hydrogens (tertiary/aromatic N) is 2. The van der Waals surface area contributed by atoms with Crippen molar-refractivity contribution in [1.82, 2.24) is 9.78 Å². The van der Waals surface area contributed by atoms with Gasteiger partial charge in [-0.05, 0) is 34.9 Å². The number of hydrogen-bond donors (Lipinski definition) is 1. The van der Waals surface area contributed by atoms with Crippen LogP contribution in [-0.4, -0.2) is 15.7 Å². The fourth-order valence-electron chi connectivity index (χ4n) is 3.14. The van der Waals surface area contributed by atoms with Crippen LogP contribution < -0.4 is 5.32 Å². The molecule has 0 fully saturated rings. The summed E-state index contributed by atoms with van der Waals surface area (Å²) in [5.74, 6) is 0.287. The molecule has 4 nitrogen and oxygen atoms in total. The highest BCUT2D eigenvalue weighted by Crippen LogP contribution is 2.20. The Morgan fingerprint density at radius 3 is 2.40 bits per heavy atom. The first-order valence-electron chi connectivity index (χ1n) is 9.59. The van der Waals surface area contributed by atoms with Gasteiger partial charge in [0.2, 0.25) is 0 Å². The maximum Gasteiger partial charge on any atom is 0.257 e. The summed E-state index contributed by atoms with van der Waals surface area (Å²) in [6, 6.07) is 28.8. The van der Waals surface area contributed by atoms with Gasteiger partial charge in [-0.1, -0.05) is 84.4 Å². The Hall–Kier alpha value is -3.63. The SMILES string of the molecule is O=C(Nc1ccn(Cc2cccc(Cl)c2)n1)/C(=C\c1ccccc1)c1ccccc1. The van der Waals surface area contributed by atoms with Crippen molar-refractivity contribution in [2.45, 2.75) is 6.54 Å². The second kappa shape index (κ2) is 9.25. The number of amides is 1. The van der Waals surface area contributed by atoms with Crippen LogP contribution in [0.4, 0.5) is 5.82 Å². The van der Waals surface area contributed by atoms with E-state index in [0.29, 0.717) is 23.0 Å². The second-order valence-electron chi connectivity index (χ2n) is 6.82. The number of anilines is 1. The van der Waals surface area contributed by atoms with Crippen LogP contribution in [0.2, 0.25) is 5.02 Å². The minimum Gasteiger partial charge on any atom is -0.305 e. The molecule has 0 aliphatic heterocycles. The predicted octanol–water partition coefficient (Wildman–Crippen LogP) is 5.76. The zero-order chi connectivity index (χ0) is 20.8. The van der Waals surface area contributed by atoms with E-state index in [9.17, 15) is 4.79 Å². The molecule has 30 heavy (non-hydrogen) atoms. The summed E-state index contributed by atoms with van der Waals surface area (Å²) in [7, 11) is 0. The summed E-state index contributed by atoms with van der Waals surface area (Å²) in [6.07, 6.45) is 3.72. The number of carbonyl (C=O) groups is 1. The average Bonchev–Trinajstić information content (AvgIpc) is 3.20. The quantitative estimate of drug-likeness (QED) is 0.322. The van der Waals surface area contributed by atoms with Gasteiger partial charge >= 0.3 is 0 Å². The van der Waals surface area contributed by atoms with Gasteiger partial charge in [0.25, 0.3) is 5.91 Å². The monoisotopic (exact) mass is 413 g/mol. The van der Waals surface area contributed by atoms with Crippen molar-refractivity contribution in [3.05, 3.63) is 119 Å². The molecule has 0 saturated heterocycles. The molecule has 0 atom stereocenters. The molecule has 0 bridgehead atoms. The van der Waals surface area contributed by atoms with E-state index >= 15 is 0 Å². The molecule has 0 radical (unpaired) electrons. The summed E-state index contributed by atoms with van der Waals surface area (Å²) in [4.78, 5) is 13.1. The van der Waals surface area contributed by atoms with Crippen LogP contribution >= 0.6 is 11.6 Å². The van der Waals surface area contributed by atoms with Crippen molar-refractivity contribution >= 4 is 35.0 Å². The normalized spacial score (nSPS) is 11.3. The Kier molecular flexibility index (Phi) is 6.06. The first kappa shape index (κ1) is 19.7. The zero-order valence-corrected chi connectivity index (χ0v) is 17.0. The summed E-state index contributed by atoms with van der Waals surface area (Å²) in [5.41, 5.74) is 3.42. The van der Waals surface area contributed by atoms with Gasteiger partial charge < -0.3 is 5.32 Å². The Labute approximate surface area is 180 Å². The van der Waals surface area contributed by atoms with E-state index in [1.54, 1.807) is 10.7 Å². The van der Waals surface area contributed by atoms with Crippen LogP contribution in [0, 0.1) is 0 Å². The summed E-state index contributed by atoms with van der Waals surface area (Å²) in [6.45, 7) is 0.571. The van der Waals surface area contributed by atoms with Crippen LogP contribution in [0.5, 0.6) is 0 Å². The molecule has 1 heterocycles. The van der Waals surface area contributed by atoms with Gasteiger partial charge in [-0.15, -0.1) is 0 Å². The second-order valence-corrected chi connectivity index (χ2v) is 7.25. The van der Waals surface area contributed by atoms with Crippen molar-refractivity contribution in [3.63, 3.8) is 0 Å². The van der Waals surface area contributed by atoms with E-state index in [1.807, 2.05) is 97.2 Å². The lowest BCUT2D eigenvalue weighted by Crippen LogP contribution is -2.14. The minimum absolute atomic E-state index is 0.210. The molecule has 5 heteroatoms. The van der Waals surface area contributed by atoms with Crippen molar-refractivity contribution in [1.29, 1.82) is 0 Å². The molecular formula is C25H20ClN3O. The molecule has 4 rings (SSSR count). The van der Waals surface area contributed by atoms with Gasteiger partial charge in [-0.25, -0.2) is 0 Å². The highest BCUT2D eigenvalue weighted by atomic mass is 35.5. The first-order valence-corrected chi connectivity index (χ1v) is 9.96. The third kappa shape index (κ3) is 5.04. The number of aromatic nitrogens is 2. The highest BCUT2D eigenvalue weighted by molar-refractivity contribution is 6.30. The number of rotatable bonds is 6. The third-order valence-electron chi connectivity index (χ3n) is 4.56. The van der Waals surface area contributed by atoms with E-state index in [0.717, 1.165) is 16.7 Å². The largest absolute Gasteiger partial charge is 0.305 e. The number of carbonyl (C=O) groups excluding carboxylic acids is 1. The lowest BCUT2D eigenvalue weighted by molar-refractivity contribution is -0.111. The molecule has 0 aliphatic rings. The lowest BCUT2D eigenvalue weighted by Gasteiger charge is -2.08. The fourth-order valence-corrected chi connectivity index (χ4v) is 3.35. The molecule has 148 valence electrons. The van der Waals surface area contributed by atoms with Gasteiger partial charge in [0.1, 0.15) is 0 Å². The molecule has 0 spiro atoms. The van der Waals surface area contributed by atoms with Crippen molar-refractivity contribution in [2.75, 3.05) is 5.32 Å². The molecule has 0 aliphatic carbocycles. The van der Waals surface area contributed by atoms with Crippen LogP contribution in [0.1, 0.15) is 16.7 Å². The standard InChI is InChI=1S/C25H20ClN3O/c26-22-13-7-10-20(16-22)18-29-15-14-24(28-29)27-25(30)23(21-11-5-2-6-12-21)17-19-8-3-1-4-9-19/h1-17H,18H2,(H,27,28,30)/b23-17-. The van der Waals surface area contributed by atoms with Crippen molar-refractivity contribution in [2.24, 2.45) is 0 Å². The molecule has 1 N–H and O–H groups in total. The Bertz CT molecular complexity index is 1170. The third-order valence-corrected chi connectivity index (χ3v) is 4.79. The van der Waals surface area contributed by atoms with Gasteiger partial charge in [-0.2, -0.15) is 5.10 Å². The van der Waals surface area contributed by atoms with Gasteiger partial charge in [0.05, 0.1) is 6.54 Å². The topological polar surface area (TPSA) is 46.9 Å². The number of benzene rings is 3. The minimum atomic E-state index is -0.210. The molecule has 1 aromatic heterocycles. The molecule has 0 unspecified atom stereocenters. The molecule has 3 aromatic carbocycles. The van der Waals surface area contributed by atoms with E-state index in [-0.39, 0.29) is 5.91 Å². The highest BCUT2D eigenvalue weighted by Gasteiger charge is 2.14. The van der Waals surface area contributed by atoms with E-state index in [2.05, 4.69) is 10.4 Å². The Morgan fingerprint density at radius 2 is 1.67 bits per heavy atom. The van der Waals surface area contributed by atoms with Gasteiger partial charge in [0.15, 0.2) is 5.82 Å². The Balaban J connectivity index is 1.55. The van der Waals surface area contributed by atoms with E-state index in [4.69, 9.17) is 11.6 Å². The van der Waals surface area contributed by atoms with Crippen LogP contribution in [-0.2, 0) is 11.3 Å². The molecule has 0 saturated carbocycles. The van der Waals surface area contributed by atoms with Crippen LogP contribution in [0.3, 0.4) is 0 Å². The van der Waals surface area contributed by atoms with Crippen LogP contribution in [0.25, 0.3) is 11.6 Å². The summed E-state index contributed by atoms with van der Waals surface area (Å²) < 4.78 is 1.77. The maximum atomic E-state index is 13.1. The zero-order valence-electron chi connectivity index (χ0n) is 16.2. The summed E-state index contributed by atoms with van der Waals surface area (Å²) in [5, 5.41) is 8.07. The van der Waals surface area contributed by atoms with E-state index < -0.39 is 0 Å². The Morgan fingerprint density at radius 1 is 0.933 bits per heavy atom. The number of hydrogen-bond acceptors (Lipinski definition) is 2. The molecule has 1 amide bonds.